The Labute approximate surface area is 155 Å². The fourth-order valence-electron chi connectivity index (χ4n) is 3.94. The molecule has 0 aliphatic carbocycles. The lowest BCUT2D eigenvalue weighted by atomic mass is 9.99. The molecule has 2 aliphatic rings. The number of rotatable bonds is 1. The van der Waals surface area contributed by atoms with Gasteiger partial charge in [-0.05, 0) is 48.6 Å². The third kappa shape index (κ3) is 3.50. The number of hydrogen-bond acceptors (Lipinski definition) is 2. The molecule has 0 N–H and O–H groups in total. The minimum atomic E-state index is -4.42. The van der Waals surface area contributed by atoms with Crippen molar-refractivity contribution in [2.75, 3.05) is 24.5 Å². The van der Waals surface area contributed by atoms with Crippen LogP contribution in [-0.4, -0.2) is 35.5 Å². The van der Waals surface area contributed by atoms with E-state index in [9.17, 15) is 18.0 Å². The number of anilines is 1. The van der Waals surface area contributed by atoms with Gasteiger partial charge in [0.1, 0.15) is 0 Å². The van der Waals surface area contributed by atoms with E-state index in [1.165, 1.54) is 11.0 Å². The molecule has 0 spiro atoms. The zero-order valence-corrected chi connectivity index (χ0v) is 14.7. The normalized spacial score (nSPS) is 19.9. The van der Waals surface area contributed by atoms with Gasteiger partial charge in [0.25, 0.3) is 0 Å². The summed E-state index contributed by atoms with van der Waals surface area (Å²) in [5, 5.41) is 0. The van der Waals surface area contributed by atoms with Gasteiger partial charge in [0.2, 0.25) is 0 Å². The Morgan fingerprint density at radius 1 is 1.19 bits per heavy atom. The molecular formula is C20H20F3N3O. The zero-order valence-electron chi connectivity index (χ0n) is 14.7. The second kappa shape index (κ2) is 6.87. The van der Waals surface area contributed by atoms with Crippen LogP contribution < -0.4 is 4.90 Å². The highest BCUT2D eigenvalue weighted by atomic mass is 19.4. The molecule has 1 unspecified atom stereocenters. The van der Waals surface area contributed by atoms with Crippen molar-refractivity contribution in [3.63, 3.8) is 0 Å². The van der Waals surface area contributed by atoms with Gasteiger partial charge in [0.05, 0.1) is 5.56 Å². The molecule has 2 aliphatic heterocycles. The van der Waals surface area contributed by atoms with E-state index in [2.05, 4.69) is 4.98 Å². The Balaban J connectivity index is 1.56. The number of hydrogen-bond donors (Lipinski definition) is 0. The first kappa shape index (κ1) is 17.8. The zero-order chi connectivity index (χ0) is 19.0. The number of halogens is 3. The molecule has 1 aromatic heterocycles. The number of urea groups is 1. The Hall–Kier alpha value is -2.57. The van der Waals surface area contributed by atoms with E-state index >= 15 is 0 Å². The number of nitrogens with zero attached hydrogens (tertiary/aromatic N) is 3. The second-order valence-corrected chi connectivity index (χ2v) is 7.10. The highest BCUT2D eigenvalue weighted by Crippen LogP contribution is 2.37. The fraction of sp³-hybridized carbons (Fsp3) is 0.400. The molecule has 7 heteroatoms. The van der Waals surface area contributed by atoms with Crippen molar-refractivity contribution in [3.8, 4) is 0 Å². The first-order valence-electron chi connectivity index (χ1n) is 9.10. The standard InChI is InChI=1S/C20H20F3N3O/c21-20(22,23)17-6-5-14-4-2-9-26(18(14)11-17)19(27)25-10-7-16(13-25)15-3-1-8-24-12-15/h1,3,5-6,8,11-12,16H,2,4,7,9-10,13H2. The van der Waals surface area contributed by atoms with E-state index in [0.29, 0.717) is 31.7 Å². The average Bonchev–Trinajstić information content (AvgIpc) is 3.17. The van der Waals surface area contributed by atoms with Gasteiger partial charge in [-0.15, -0.1) is 0 Å². The number of pyridine rings is 1. The summed E-state index contributed by atoms with van der Waals surface area (Å²) in [6.07, 6.45) is 1.38. The van der Waals surface area contributed by atoms with E-state index in [0.717, 1.165) is 36.1 Å². The summed E-state index contributed by atoms with van der Waals surface area (Å²) in [5.74, 6) is 0.216. The van der Waals surface area contributed by atoms with Crippen LogP contribution in [0, 0.1) is 0 Å². The Bertz CT molecular complexity index is 838. The summed E-state index contributed by atoms with van der Waals surface area (Å²) in [6.45, 7) is 1.61. The molecule has 0 radical (unpaired) electrons. The van der Waals surface area contributed by atoms with Crippen LogP contribution in [0.15, 0.2) is 42.7 Å². The number of benzene rings is 1. The number of carbonyl (C=O) groups is 1. The predicted octanol–water partition coefficient (Wildman–Crippen LogP) is 4.46. The van der Waals surface area contributed by atoms with E-state index in [1.807, 2.05) is 18.3 Å². The molecule has 0 bridgehead atoms. The average molecular weight is 375 g/mol. The molecular weight excluding hydrogens is 355 g/mol. The summed E-state index contributed by atoms with van der Waals surface area (Å²) in [6, 6.07) is 7.38. The van der Waals surface area contributed by atoms with Gasteiger partial charge in [0, 0.05) is 43.6 Å². The first-order chi connectivity index (χ1) is 12.9. The Morgan fingerprint density at radius 2 is 2.04 bits per heavy atom. The number of likely N-dealkylation sites (tertiary alicyclic amines) is 1. The predicted molar refractivity (Wildman–Crippen MR) is 95.7 cm³/mol. The Kier molecular flexibility index (Phi) is 4.53. The minimum absolute atomic E-state index is 0.207. The molecule has 1 atom stereocenters. The number of amides is 2. The molecule has 2 aromatic rings. The van der Waals surface area contributed by atoms with Crippen LogP contribution >= 0.6 is 0 Å². The molecule has 0 saturated carbocycles. The maximum atomic E-state index is 13.1. The number of aryl methyl sites for hydroxylation is 1. The van der Waals surface area contributed by atoms with Gasteiger partial charge in [-0.3, -0.25) is 9.88 Å². The van der Waals surface area contributed by atoms with Gasteiger partial charge < -0.3 is 4.90 Å². The fourth-order valence-corrected chi connectivity index (χ4v) is 3.94. The quantitative estimate of drug-likeness (QED) is 0.738. The summed E-state index contributed by atoms with van der Waals surface area (Å²) in [4.78, 5) is 20.4. The molecule has 2 amide bonds. The van der Waals surface area contributed by atoms with Crippen LogP contribution in [0.1, 0.15) is 35.4 Å². The number of aromatic nitrogens is 1. The molecule has 27 heavy (non-hydrogen) atoms. The Morgan fingerprint density at radius 3 is 2.78 bits per heavy atom. The van der Waals surface area contributed by atoms with Crippen molar-refractivity contribution in [2.45, 2.75) is 31.4 Å². The third-order valence-corrected chi connectivity index (χ3v) is 5.38. The first-order valence-corrected chi connectivity index (χ1v) is 9.10. The molecule has 1 aromatic carbocycles. The summed E-state index contributed by atoms with van der Waals surface area (Å²) < 4.78 is 39.3. The van der Waals surface area contributed by atoms with E-state index in [4.69, 9.17) is 0 Å². The lowest BCUT2D eigenvalue weighted by Gasteiger charge is -2.33. The van der Waals surface area contributed by atoms with Crippen LogP contribution in [0.25, 0.3) is 0 Å². The smallest absolute Gasteiger partial charge is 0.324 e. The molecule has 3 heterocycles. The maximum absolute atomic E-state index is 13.1. The molecule has 1 fully saturated rings. The van der Waals surface area contributed by atoms with Crippen LogP contribution in [-0.2, 0) is 12.6 Å². The van der Waals surface area contributed by atoms with Gasteiger partial charge in [-0.1, -0.05) is 12.1 Å². The number of alkyl halides is 3. The monoisotopic (exact) mass is 375 g/mol. The topological polar surface area (TPSA) is 36.4 Å². The van der Waals surface area contributed by atoms with E-state index < -0.39 is 11.7 Å². The molecule has 4 rings (SSSR count). The molecule has 4 nitrogen and oxygen atoms in total. The van der Waals surface area contributed by atoms with E-state index in [-0.39, 0.29) is 11.9 Å². The lowest BCUT2D eigenvalue weighted by Crippen LogP contribution is -2.44. The number of fused-ring (bicyclic) bond motifs is 1. The highest BCUT2D eigenvalue weighted by molar-refractivity contribution is 5.93. The van der Waals surface area contributed by atoms with Crippen molar-refractivity contribution in [1.82, 2.24) is 9.88 Å². The van der Waals surface area contributed by atoms with Gasteiger partial charge in [-0.2, -0.15) is 13.2 Å². The number of carbonyl (C=O) groups excluding carboxylic acids is 1. The summed E-state index contributed by atoms with van der Waals surface area (Å²) in [7, 11) is 0. The second-order valence-electron chi connectivity index (χ2n) is 7.10. The van der Waals surface area contributed by atoms with Crippen molar-refractivity contribution < 1.29 is 18.0 Å². The van der Waals surface area contributed by atoms with Crippen LogP contribution in [0.3, 0.4) is 0 Å². The van der Waals surface area contributed by atoms with Crippen molar-refractivity contribution in [2.24, 2.45) is 0 Å². The van der Waals surface area contributed by atoms with Gasteiger partial charge in [0.15, 0.2) is 0 Å². The molecule has 142 valence electrons. The van der Waals surface area contributed by atoms with Gasteiger partial charge in [-0.25, -0.2) is 4.79 Å². The van der Waals surface area contributed by atoms with Gasteiger partial charge >= 0.3 is 12.2 Å². The maximum Gasteiger partial charge on any atom is 0.416 e. The largest absolute Gasteiger partial charge is 0.416 e. The van der Waals surface area contributed by atoms with Crippen molar-refractivity contribution in [1.29, 1.82) is 0 Å². The molecule has 1 saturated heterocycles. The SMILES string of the molecule is O=C(N1CCC(c2cccnc2)C1)N1CCCc2ccc(C(F)(F)F)cc21. The minimum Gasteiger partial charge on any atom is -0.324 e. The highest BCUT2D eigenvalue weighted by Gasteiger charge is 2.35. The van der Waals surface area contributed by atoms with Crippen molar-refractivity contribution >= 4 is 11.7 Å². The third-order valence-electron chi connectivity index (χ3n) is 5.38. The lowest BCUT2D eigenvalue weighted by molar-refractivity contribution is -0.137. The summed E-state index contributed by atoms with van der Waals surface area (Å²) >= 11 is 0. The van der Waals surface area contributed by atoms with Crippen LogP contribution in [0.2, 0.25) is 0 Å². The summed E-state index contributed by atoms with van der Waals surface area (Å²) in [5.41, 5.74) is 1.57. The van der Waals surface area contributed by atoms with Crippen LogP contribution in [0.4, 0.5) is 23.7 Å². The van der Waals surface area contributed by atoms with Crippen molar-refractivity contribution in [3.05, 3.63) is 59.4 Å². The van der Waals surface area contributed by atoms with Crippen LogP contribution in [0.5, 0.6) is 0 Å². The van der Waals surface area contributed by atoms with E-state index in [1.54, 1.807) is 11.1 Å².